The van der Waals surface area contributed by atoms with Crippen molar-refractivity contribution in [2.24, 2.45) is 5.41 Å². The van der Waals surface area contributed by atoms with Gasteiger partial charge >= 0.3 is 6.01 Å². The second kappa shape index (κ2) is 6.10. The van der Waals surface area contributed by atoms with Gasteiger partial charge in [0.2, 0.25) is 11.8 Å². The zero-order valence-electron chi connectivity index (χ0n) is 16.3. The third-order valence-corrected chi connectivity index (χ3v) is 6.21. The molecule has 1 heterocycles. The van der Waals surface area contributed by atoms with E-state index in [1.54, 1.807) is 0 Å². The van der Waals surface area contributed by atoms with Crippen molar-refractivity contribution in [1.82, 2.24) is 15.5 Å². The number of carbonyl (C=O) groups excluding carboxylic acids is 1. The van der Waals surface area contributed by atoms with E-state index in [2.05, 4.69) is 48.5 Å². The summed E-state index contributed by atoms with van der Waals surface area (Å²) in [5, 5.41) is 14.9. The summed E-state index contributed by atoms with van der Waals surface area (Å²) >= 11 is 0. The number of hydrogen-bond donors (Lipinski definition) is 2. The number of allylic oxidation sites excluding steroid dienone is 1. The highest BCUT2D eigenvalue weighted by molar-refractivity contribution is 5.94. The maximum atomic E-state index is 12.5. The highest BCUT2D eigenvalue weighted by Gasteiger charge is 2.62. The lowest BCUT2D eigenvalue weighted by Gasteiger charge is -2.37. The molecular formula is C20H30N4O2. The average Bonchev–Trinajstić information content (AvgIpc) is 3.01. The first-order chi connectivity index (χ1) is 12.3. The molecule has 2 fully saturated rings. The van der Waals surface area contributed by atoms with E-state index in [9.17, 15) is 4.79 Å². The molecule has 6 heteroatoms. The van der Waals surface area contributed by atoms with Crippen LogP contribution < -0.4 is 10.6 Å². The zero-order chi connectivity index (χ0) is 18.5. The molecule has 1 aromatic heterocycles. The van der Waals surface area contributed by atoms with Gasteiger partial charge in [0.15, 0.2) is 0 Å². The first-order valence-corrected chi connectivity index (χ1v) is 9.87. The lowest BCUT2D eigenvalue weighted by molar-refractivity contribution is -0.119. The van der Waals surface area contributed by atoms with Crippen molar-refractivity contribution in [3.8, 4) is 0 Å². The Morgan fingerprint density at radius 2 is 1.88 bits per heavy atom. The third kappa shape index (κ3) is 3.26. The van der Waals surface area contributed by atoms with Crippen molar-refractivity contribution < 1.29 is 9.21 Å². The van der Waals surface area contributed by atoms with Crippen molar-refractivity contribution in [3.63, 3.8) is 0 Å². The summed E-state index contributed by atoms with van der Waals surface area (Å²) < 4.78 is 5.73. The Morgan fingerprint density at radius 1 is 1.15 bits per heavy atom. The summed E-state index contributed by atoms with van der Waals surface area (Å²) in [5.74, 6) is 0.823. The Morgan fingerprint density at radius 3 is 2.54 bits per heavy atom. The Balaban J connectivity index is 1.27. The van der Waals surface area contributed by atoms with Gasteiger partial charge in [0.05, 0.1) is 0 Å². The van der Waals surface area contributed by atoms with E-state index in [0.717, 1.165) is 44.1 Å². The van der Waals surface area contributed by atoms with Crippen LogP contribution >= 0.6 is 0 Å². The summed E-state index contributed by atoms with van der Waals surface area (Å²) in [6.07, 6.45) is 7.58. The molecule has 3 aliphatic rings. The molecule has 6 nitrogen and oxygen atoms in total. The number of hydrogen-bond acceptors (Lipinski definition) is 5. The Hall–Kier alpha value is -1.85. The molecule has 2 N–H and O–H groups in total. The van der Waals surface area contributed by atoms with Crippen molar-refractivity contribution in [2.75, 3.05) is 5.32 Å². The monoisotopic (exact) mass is 358 g/mol. The van der Waals surface area contributed by atoms with Crippen LogP contribution in [0.5, 0.6) is 0 Å². The normalized spacial score (nSPS) is 30.9. The van der Waals surface area contributed by atoms with Gasteiger partial charge < -0.3 is 15.1 Å². The maximum Gasteiger partial charge on any atom is 0.315 e. The topological polar surface area (TPSA) is 80.0 Å². The van der Waals surface area contributed by atoms with Gasteiger partial charge in [-0.3, -0.25) is 4.79 Å². The fourth-order valence-corrected chi connectivity index (χ4v) is 4.40. The lowest BCUT2D eigenvalue weighted by atomic mass is 9.76. The molecule has 0 aliphatic heterocycles. The molecule has 142 valence electrons. The molecule has 3 aliphatic carbocycles. The van der Waals surface area contributed by atoms with Crippen LogP contribution in [0.2, 0.25) is 0 Å². The zero-order valence-corrected chi connectivity index (χ0v) is 16.3. The number of nitrogens with zero attached hydrogens (tertiary/aromatic N) is 2. The largest absolute Gasteiger partial charge is 0.408 e. The summed E-state index contributed by atoms with van der Waals surface area (Å²) in [4.78, 5) is 12.5. The minimum atomic E-state index is -0.133. The van der Waals surface area contributed by atoms with Crippen molar-refractivity contribution in [2.45, 2.75) is 90.1 Å². The van der Waals surface area contributed by atoms with Crippen LogP contribution in [0.4, 0.5) is 6.01 Å². The minimum Gasteiger partial charge on any atom is -0.408 e. The molecule has 0 radical (unpaired) electrons. The molecule has 1 unspecified atom stereocenters. The fraction of sp³-hybridized carbons (Fsp3) is 0.750. The predicted octanol–water partition coefficient (Wildman–Crippen LogP) is 3.71. The highest BCUT2D eigenvalue weighted by Crippen LogP contribution is 2.61. The standard InChI is InChI=1S/C20H30N4O2/c1-12-7-5-6-8-14(12)16(25)21-13-9-20(10-13)11-15(20)22-18-24-23-17(26-18)19(2,3)4/h13,15H,5-11H2,1-4H3,(H,21,25)(H,22,24). The Bertz CT molecular complexity index is 737. The van der Waals surface area contributed by atoms with Crippen molar-refractivity contribution >= 4 is 11.9 Å². The maximum absolute atomic E-state index is 12.5. The number of carbonyl (C=O) groups is 1. The van der Waals surface area contributed by atoms with Gasteiger partial charge in [-0.15, -0.1) is 5.10 Å². The number of amides is 1. The van der Waals surface area contributed by atoms with E-state index in [0.29, 0.717) is 29.4 Å². The molecule has 1 aromatic rings. The van der Waals surface area contributed by atoms with Gasteiger partial charge in [-0.25, -0.2) is 0 Å². The minimum absolute atomic E-state index is 0.133. The number of rotatable bonds is 4. The number of aromatic nitrogens is 2. The molecule has 1 atom stereocenters. The van der Waals surface area contributed by atoms with E-state index in [1.165, 1.54) is 12.0 Å². The Kier molecular flexibility index (Phi) is 4.12. The summed E-state index contributed by atoms with van der Waals surface area (Å²) in [6, 6.07) is 1.22. The van der Waals surface area contributed by atoms with E-state index in [-0.39, 0.29) is 11.3 Å². The van der Waals surface area contributed by atoms with Crippen LogP contribution in [0.15, 0.2) is 15.6 Å². The van der Waals surface area contributed by atoms with Gasteiger partial charge in [-0.2, -0.15) is 0 Å². The van der Waals surface area contributed by atoms with Crippen molar-refractivity contribution in [1.29, 1.82) is 0 Å². The predicted molar refractivity (Wildman–Crippen MR) is 99.8 cm³/mol. The van der Waals surface area contributed by atoms with E-state index in [1.807, 2.05) is 0 Å². The quantitative estimate of drug-likeness (QED) is 0.858. The van der Waals surface area contributed by atoms with Crippen LogP contribution in [-0.2, 0) is 10.2 Å². The van der Waals surface area contributed by atoms with E-state index < -0.39 is 0 Å². The molecule has 4 rings (SSSR count). The van der Waals surface area contributed by atoms with Crippen LogP contribution in [0.3, 0.4) is 0 Å². The highest BCUT2D eigenvalue weighted by atomic mass is 16.4. The number of nitrogens with one attached hydrogen (secondary N) is 2. The fourth-order valence-electron chi connectivity index (χ4n) is 4.40. The van der Waals surface area contributed by atoms with Gasteiger partial charge in [0.1, 0.15) is 0 Å². The molecular weight excluding hydrogens is 328 g/mol. The lowest BCUT2D eigenvalue weighted by Crippen LogP contribution is -2.47. The van der Waals surface area contributed by atoms with Crippen molar-refractivity contribution in [3.05, 3.63) is 17.0 Å². The van der Waals surface area contributed by atoms with Gasteiger partial charge in [0.25, 0.3) is 0 Å². The van der Waals surface area contributed by atoms with E-state index >= 15 is 0 Å². The second-order valence-corrected chi connectivity index (χ2v) is 9.47. The van der Waals surface area contributed by atoms with Crippen LogP contribution in [-0.4, -0.2) is 28.2 Å². The molecule has 1 amide bonds. The van der Waals surface area contributed by atoms with E-state index in [4.69, 9.17) is 4.42 Å². The molecule has 0 bridgehead atoms. The molecule has 2 saturated carbocycles. The third-order valence-electron chi connectivity index (χ3n) is 6.21. The molecule has 26 heavy (non-hydrogen) atoms. The first-order valence-electron chi connectivity index (χ1n) is 9.87. The summed E-state index contributed by atoms with van der Waals surface area (Å²) in [7, 11) is 0. The van der Waals surface area contributed by atoms with Crippen LogP contribution in [0.1, 0.15) is 78.5 Å². The second-order valence-electron chi connectivity index (χ2n) is 9.47. The average molecular weight is 358 g/mol. The smallest absolute Gasteiger partial charge is 0.315 e. The van der Waals surface area contributed by atoms with Crippen LogP contribution in [0, 0.1) is 5.41 Å². The van der Waals surface area contributed by atoms with Crippen LogP contribution in [0.25, 0.3) is 0 Å². The summed E-state index contributed by atoms with van der Waals surface area (Å²) in [6.45, 7) is 8.29. The first kappa shape index (κ1) is 17.6. The summed E-state index contributed by atoms with van der Waals surface area (Å²) in [5.41, 5.74) is 2.49. The van der Waals surface area contributed by atoms with Gasteiger partial charge in [-0.1, -0.05) is 31.4 Å². The Labute approximate surface area is 155 Å². The molecule has 1 spiro atoms. The SMILES string of the molecule is CC1=C(C(=O)NC2CC3(C2)CC3Nc2nnc(C(C)(C)C)o2)CCCC1. The number of anilines is 1. The molecule has 0 aromatic carbocycles. The molecule has 0 saturated heterocycles. The van der Waals surface area contributed by atoms with Gasteiger partial charge in [-0.05, 0) is 57.3 Å². The van der Waals surface area contributed by atoms with Gasteiger partial charge in [0, 0.05) is 23.1 Å².